The predicted molar refractivity (Wildman–Crippen MR) is 93.8 cm³/mol. The summed E-state index contributed by atoms with van der Waals surface area (Å²) in [5.41, 5.74) is 0. The van der Waals surface area contributed by atoms with Crippen LogP contribution in [0.5, 0.6) is 0 Å². The van der Waals surface area contributed by atoms with Crippen LogP contribution in [-0.2, 0) is 19.2 Å². The van der Waals surface area contributed by atoms with Gasteiger partial charge >= 0.3 is 5.97 Å². The van der Waals surface area contributed by atoms with Gasteiger partial charge in [0.05, 0.1) is 16.2 Å². The number of allylic oxidation sites excluding steroid dienone is 4. The van der Waals surface area contributed by atoms with Crippen LogP contribution in [0.3, 0.4) is 0 Å². The molecule has 1 rings (SSSR count). The molecule has 5 nitrogen and oxygen atoms in total. The molecule has 0 amide bonds. The fourth-order valence-corrected chi connectivity index (χ4v) is 3.97. The summed E-state index contributed by atoms with van der Waals surface area (Å²) in [6, 6.07) is 0. The van der Waals surface area contributed by atoms with Crippen LogP contribution in [0.25, 0.3) is 0 Å². The highest BCUT2D eigenvalue weighted by molar-refractivity contribution is 8.28. The van der Waals surface area contributed by atoms with Crippen molar-refractivity contribution in [1.82, 2.24) is 0 Å². The van der Waals surface area contributed by atoms with Crippen LogP contribution in [0.2, 0.25) is 0 Å². The molecule has 0 unspecified atom stereocenters. The van der Waals surface area contributed by atoms with Crippen molar-refractivity contribution in [2.75, 3.05) is 24.0 Å². The standard InChI is InChI=1S/C14H18O5S3/c1-22(2)14(19)4-6-21-12-8-9(15)11(7-10(12)16)20-5-3-13(17)18/h7-8,22H,3-6H2,1-2H3,(H,17,18). The second kappa shape index (κ2) is 9.22. The number of ketones is 2. The lowest BCUT2D eigenvalue weighted by molar-refractivity contribution is -0.136. The largest absolute Gasteiger partial charge is 0.481 e. The summed E-state index contributed by atoms with van der Waals surface area (Å²) in [5, 5.41) is 8.75. The van der Waals surface area contributed by atoms with Gasteiger partial charge in [0.25, 0.3) is 0 Å². The molecule has 0 aliphatic heterocycles. The van der Waals surface area contributed by atoms with E-state index in [1.807, 2.05) is 12.5 Å². The zero-order valence-electron chi connectivity index (χ0n) is 12.3. The predicted octanol–water partition coefficient (Wildman–Crippen LogP) is 2.02. The van der Waals surface area contributed by atoms with E-state index in [-0.39, 0.29) is 33.8 Å². The van der Waals surface area contributed by atoms with Crippen LogP contribution in [0, 0.1) is 0 Å². The molecule has 1 aliphatic carbocycles. The van der Waals surface area contributed by atoms with Crippen LogP contribution >= 0.6 is 34.4 Å². The van der Waals surface area contributed by atoms with E-state index in [4.69, 9.17) is 5.11 Å². The minimum Gasteiger partial charge on any atom is -0.481 e. The van der Waals surface area contributed by atoms with Gasteiger partial charge in [-0.1, -0.05) is 0 Å². The lowest BCUT2D eigenvalue weighted by Crippen LogP contribution is -2.11. The fourth-order valence-electron chi connectivity index (χ4n) is 1.47. The first-order valence-corrected chi connectivity index (χ1v) is 10.7. The summed E-state index contributed by atoms with van der Waals surface area (Å²) >= 11 is 2.29. The number of carboxylic acid groups (broad SMARTS) is 1. The van der Waals surface area contributed by atoms with E-state index in [0.717, 1.165) is 11.8 Å². The van der Waals surface area contributed by atoms with E-state index in [0.29, 0.717) is 17.1 Å². The molecular weight excluding hydrogens is 344 g/mol. The first kappa shape index (κ1) is 19.1. The fraction of sp³-hybridized carbons (Fsp3) is 0.429. The average molecular weight is 362 g/mol. The maximum Gasteiger partial charge on any atom is 0.304 e. The van der Waals surface area contributed by atoms with Crippen LogP contribution in [0.4, 0.5) is 0 Å². The van der Waals surface area contributed by atoms with Crippen LogP contribution in [0.1, 0.15) is 12.8 Å². The SMILES string of the molecule is C[SH](C)C(=O)CCSC1=CC(=O)C(SCCC(=O)O)=CC1=O. The number of carboxylic acids is 1. The van der Waals surface area contributed by atoms with E-state index in [1.54, 1.807) is 0 Å². The molecule has 1 N–H and O–H groups in total. The first-order valence-electron chi connectivity index (χ1n) is 6.51. The molecule has 0 bridgehead atoms. The molecule has 0 fully saturated rings. The smallest absolute Gasteiger partial charge is 0.304 e. The number of thiol groups is 1. The molecule has 0 saturated heterocycles. The Labute approximate surface area is 140 Å². The summed E-state index contributed by atoms with van der Waals surface area (Å²) in [7, 11) is -0.617. The molecule has 0 aromatic carbocycles. The maximum absolute atomic E-state index is 11.9. The Morgan fingerprint density at radius 2 is 1.45 bits per heavy atom. The van der Waals surface area contributed by atoms with E-state index in [2.05, 4.69) is 0 Å². The number of thioether (sulfide) groups is 2. The van der Waals surface area contributed by atoms with Gasteiger partial charge in [-0.25, -0.2) is 10.9 Å². The highest BCUT2D eigenvalue weighted by atomic mass is 32.2. The van der Waals surface area contributed by atoms with Gasteiger partial charge in [0.2, 0.25) is 0 Å². The third kappa shape index (κ3) is 6.41. The summed E-state index contributed by atoms with van der Waals surface area (Å²) in [4.78, 5) is 46.4. The van der Waals surface area contributed by atoms with Gasteiger partial charge in [0.15, 0.2) is 16.7 Å². The molecule has 0 spiro atoms. The summed E-state index contributed by atoms with van der Waals surface area (Å²) in [6.45, 7) is 0. The molecule has 122 valence electrons. The summed E-state index contributed by atoms with van der Waals surface area (Å²) in [5.74, 6) is -0.741. The second-order valence-corrected chi connectivity index (χ2v) is 9.19. The number of carbonyl (C=O) groups is 4. The lowest BCUT2D eigenvalue weighted by Gasteiger charge is -2.12. The van der Waals surface area contributed by atoms with Gasteiger partial charge in [0.1, 0.15) is 0 Å². The third-order valence-corrected chi connectivity index (χ3v) is 5.95. The Balaban J connectivity index is 2.50. The van der Waals surface area contributed by atoms with E-state index in [1.165, 1.54) is 23.9 Å². The second-order valence-electron chi connectivity index (χ2n) is 4.62. The van der Waals surface area contributed by atoms with Crippen LogP contribution in [0.15, 0.2) is 22.0 Å². The zero-order valence-corrected chi connectivity index (χ0v) is 14.9. The number of aliphatic carboxylic acids is 1. The molecule has 0 aromatic rings. The maximum atomic E-state index is 11.9. The van der Waals surface area contributed by atoms with Crippen molar-refractivity contribution in [3.8, 4) is 0 Å². The summed E-state index contributed by atoms with van der Waals surface area (Å²) in [6.07, 6.45) is 6.65. The van der Waals surface area contributed by atoms with Crippen LogP contribution < -0.4 is 0 Å². The molecule has 22 heavy (non-hydrogen) atoms. The normalized spacial score (nSPS) is 15.3. The molecule has 1 aliphatic rings. The topological polar surface area (TPSA) is 88.5 Å². The highest BCUT2D eigenvalue weighted by Crippen LogP contribution is 2.29. The Morgan fingerprint density at radius 1 is 1.00 bits per heavy atom. The number of carbonyl (C=O) groups excluding carboxylic acids is 3. The average Bonchev–Trinajstić information content (AvgIpc) is 2.42. The molecule has 0 heterocycles. The third-order valence-electron chi connectivity index (χ3n) is 2.66. The van der Waals surface area contributed by atoms with Crippen molar-refractivity contribution >= 4 is 57.1 Å². The quantitative estimate of drug-likeness (QED) is 0.504. The minimum absolute atomic E-state index is 0.0616. The van der Waals surface area contributed by atoms with Crippen molar-refractivity contribution in [2.24, 2.45) is 0 Å². The van der Waals surface area contributed by atoms with Crippen LogP contribution in [-0.4, -0.2) is 51.8 Å². The zero-order chi connectivity index (χ0) is 16.7. The Hall–Kier alpha value is -0.990. The van der Waals surface area contributed by atoms with Crippen molar-refractivity contribution in [1.29, 1.82) is 0 Å². The Kier molecular flexibility index (Phi) is 7.98. The highest BCUT2D eigenvalue weighted by Gasteiger charge is 2.21. The van der Waals surface area contributed by atoms with Crippen molar-refractivity contribution in [3.63, 3.8) is 0 Å². The van der Waals surface area contributed by atoms with Crippen molar-refractivity contribution in [3.05, 3.63) is 22.0 Å². The molecule has 0 radical (unpaired) electrons. The molecule has 0 aromatic heterocycles. The van der Waals surface area contributed by atoms with Gasteiger partial charge in [-0.05, 0) is 12.5 Å². The van der Waals surface area contributed by atoms with Gasteiger partial charge in [-0.3, -0.25) is 19.2 Å². The minimum atomic E-state index is -0.939. The van der Waals surface area contributed by atoms with Crippen molar-refractivity contribution in [2.45, 2.75) is 12.8 Å². The van der Waals surface area contributed by atoms with E-state index in [9.17, 15) is 19.2 Å². The Bertz CT molecular complexity index is 549. The monoisotopic (exact) mass is 362 g/mol. The lowest BCUT2D eigenvalue weighted by atomic mass is 10.2. The number of rotatable bonds is 8. The van der Waals surface area contributed by atoms with Gasteiger partial charge in [-0.2, -0.15) is 0 Å². The molecule has 8 heteroatoms. The van der Waals surface area contributed by atoms with Gasteiger partial charge in [0, 0.05) is 30.1 Å². The summed E-state index contributed by atoms with van der Waals surface area (Å²) < 4.78 is 0. The van der Waals surface area contributed by atoms with Gasteiger partial charge in [-0.15, -0.1) is 23.5 Å². The molecule has 0 saturated carbocycles. The molecular formula is C14H18O5S3. The Morgan fingerprint density at radius 3 is 1.86 bits per heavy atom. The van der Waals surface area contributed by atoms with Crippen molar-refractivity contribution < 1.29 is 24.3 Å². The van der Waals surface area contributed by atoms with E-state index >= 15 is 0 Å². The van der Waals surface area contributed by atoms with E-state index < -0.39 is 16.9 Å². The number of hydrogen-bond donors (Lipinski definition) is 2. The molecule has 0 atom stereocenters. The van der Waals surface area contributed by atoms with Gasteiger partial charge < -0.3 is 5.11 Å². The number of hydrogen-bond acceptors (Lipinski definition) is 6. The first-order chi connectivity index (χ1) is 10.3.